The van der Waals surface area contributed by atoms with Gasteiger partial charge in [-0.25, -0.2) is 0 Å². The van der Waals surface area contributed by atoms with Gasteiger partial charge >= 0.3 is 0 Å². The fourth-order valence-electron chi connectivity index (χ4n) is 10.3. The van der Waals surface area contributed by atoms with E-state index in [1.165, 1.54) is 121 Å². The Morgan fingerprint density at radius 1 is 0.254 bits per heavy atom. The summed E-state index contributed by atoms with van der Waals surface area (Å²) in [5, 5.41) is 12.6. The van der Waals surface area contributed by atoms with Crippen molar-refractivity contribution in [3.63, 3.8) is 0 Å². The fourth-order valence-corrected chi connectivity index (χ4v) is 10.3. The summed E-state index contributed by atoms with van der Waals surface area (Å²) in [6, 6.07) is 77.2. The normalized spacial score (nSPS) is 13.1. The molecule has 1 aliphatic carbocycles. The standard InChI is InChI=1S/C59H40/c1-59(2)55-21-10-9-17-49(55)53-36-46(29-31-56(53)59)58-51-19-8-7-18-50(51)57(52-30-28-44(35-54(52)58)48-20-11-15-38-13-5-6-16-47(38)48)45-27-26-42-33-41(24-25-43(42)34-45)40-23-22-37-12-3-4-14-39(37)32-40/h3-36H,1-2H3. The van der Waals surface area contributed by atoms with E-state index in [4.69, 9.17) is 0 Å². The van der Waals surface area contributed by atoms with Crippen molar-refractivity contribution < 1.29 is 0 Å². The lowest BCUT2D eigenvalue weighted by atomic mass is 9.81. The molecule has 0 bridgehead atoms. The van der Waals surface area contributed by atoms with E-state index in [1.54, 1.807) is 0 Å². The summed E-state index contributed by atoms with van der Waals surface area (Å²) >= 11 is 0. The molecule has 0 heterocycles. The molecule has 0 unspecified atom stereocenters. The van der Waals surface area contributed by atoms with Crippen molar-refractivity contribution in [2.24, 2.45) is 0 Å². The van der Waals surface area contributed by atoms with Crippen LogP contribution in [0, 0.1) is 0 Å². The minimum Gasteiger partial charge on any atom is -0.0619 e. The highest BCUT2D eigenvalue weighted by Crippen LogP contribution is 2.52. The van der Waals surface area contributed by atoms with Crippen LogP contribution in [0.1, 0.15) is 25.0 Å². The number of fused-ring (bicyclic) bond motifs is 8. The largest absolute Gasteiger partial charge is 0.0619 e. The number of benzene rings is 11. The Balaban J connectivity index is 1.10. The molecule has 12 rings (SSSR count). The number of hydrogen-bond acceptors (Lipinski definition) is 0. The molecular weight excluding hydrogens is 709 g/mol. The molecule has 0 amide bonds. The van der Waals surface area contributed by atoms with Crippen LogP contribution in [0.4, 0.5) is 0 Å². The lowest BCUT2D eigenvalue weighted by Gasteiger charge is -2.22. The van der Waals surface area contributed by atoms with Gasteiger partial charge in [0.05, 0.1) is 0 Å². The Morgan fingerprint density at radius 3 is 1.51 bits per heavy atom. The smallest absolute Gasteiger partial charge is 0.0158 e. The lowest BCUT2D eigenvalue weighted by Crippen LogP contribution is -2.14. The second kappa shape index (κ2) is 12.9. The summed E-state index contributed by atoms with van der Waals surface area (Å²) in [6.45, 7) is 4.72. The van der Waals surface area contributed by atoms with E-state index in [1.807, 2.05) is 0 Å². The van der Waals surface area contributed by atoms with Crippen LogP contribution < -0.4 is 0 Å². The Morgan fingerprint density at radius 2 is 0.729 bits per heavy atom. The van der Waals surface area contributed by atoms with E-state index >= 15 is 0 Å². The Hall–Kier alpha value is -7.28. The van der Waals surface area contributed by atoms with Crippen molar-refractivity contribution in [2.45, 2.75) is 19.3 Å². The zero-order valence-corrected chi connectivity index (χ0v) is 33.1. The van der Waals surface area contributed by atoms with Gasteiger partial charge in [-0.05, 0) is 151 Å². The highest BCUT2D eigenvalue weighted by atomic mass is 14.4. The third kappa shape index (κ3) is 5.23. The van der Waals surface area contributed by atoms with Crippen LogP contribution in [0.25, 0.3) is 109 Å². The highest BCUT2D eigenvalue weighted by molar-refractivity contribution is 6.23. The molecule has 0 saturated carbocycles. The van der Waals surface area contributed by atoms with Crippen LogP contribution in [0.15, 0.2) is 206 Å². The zero-order chi connectivity index (χ0) is 39.2. The Labute approximate surface area is 344 Å². The van der Waals surface area contributed by atoms with E-state index in [0.29, 0.717) is 0 Å². The first kappa shape index (κ1) is 33.8. The van der Waals surface area contributed by atoms with E-state index in [9.17, 15) is 0 Å². The summed E-state index contributed by atoms with van der Waals surface area (Å²) in [5.41, 5.74) is 15.4. The van der Waals surface area contributed by atoms with Crippen LogP contribution in [0.5, 0.6) is 0 Å². The Bertz CT molecular complexity index is 3520. The fraction of sp³-hybridized carbons (Fsp3) is 0.0508. The summed E-state index contributed by atoms with van der Waals surface area (Å²) in [4.78, 5) is 0. The first-order valence-electron chi connectivity index (χ1n) is 20.7. The van der Waals surface area contributed by atoms with Gasteiger partial charge in [-0.15, -0.1) is 0 Å². The molecular formula is C59H40. The molecule has 0 heteroatoms. The minimum absolute atomic E-state index is 0.0493. The van der Waals surface area contributed by atoms with Crippen molar-refractivity contribution >= 4 is 53.9 Å². The highest BCUT2D eigenvalue weighted by Gasteiger charge is 2.35. The molecule has 0 aromatic heterocycles. The van der Waals surface area contributed by atoms with Crippen molar-refractivity contribution in [2.75, 3.05) is 0 Å². The predicted octanol–water partition coefficient (Wildman–Crippen LogP) is 16.4. The third-order valence-corrected chi connectivity index (χ3v) is 13.2. The van der Waals surface area contributed by atoms with Crippen LogP contribution in [-0.2, 0) is 5.41 Å². The third-order valence-electron chi connectivity index (χ3n) is 13.2. The average Bonchev–Trinajstić information content (AvgIpc) is 3.52. The first-order chi connectivity index (χ1) is 29.0. The molecule has 0 fully saturated rings. The van der Waals surface area contributed by atoms with Gasteiger partial charge < -0.3 is 0 Å². The van der Waals surface area contributed by atoms with Crippen molar-refractivity contribution in [1.29, 1.82) is 0 Å². The maximum atomic E-state index is 2.47. The van der Waals surface area contributed by atoms with Crippen molar-refractivity contribution in [3.8, 4) is 55.6 Å². The molecule has 0 saturated heterocycles. The summed E-state index contributed by atoms with van der Waals surface area (Å²) < 4.78 is 0. The summed E-state index contributed by atoms with van der Waals surface area (Å²) in [7, 11) is 0. The SMILES string of the molecule is CC1(C)c2ccccc2-c2cc(-c3c4ccccc4c(-c4ccc5cc(-c6ccc7ccccc7c6)ccc5c4)c4ccc(-c5cccc6ccccc56)cc34)ccc21. The van der Waals surface area contributed by atoms with Gasteiger partial charge in [0, 0.05) is 5.41 Å². The van der Waals surface area contributed by atoms with Gasteiger partial charge in [-0.3, -0.25) is 0 Å². The van der Waals surface area contributed by atoms with Gasteiger partial charge in [-0.1, -0.05) is 190 Å². The second-order valence-corrected chi connectivity index (χ2v) is 16.9. The van der Waals surface area contributed by atoms with Crippen LogP contribution in [-0.4, -0.2) is 0 Å². The number of hydrogen-bond donors (Lipinski definition) is 0. The predicted molar refractivity (Wildman–Crippen MR) is 253 cm³/mol. The maximum absolute atomic E-state index is 2.47. The molecule has 59 heavy (non-hydrogen) atoms. The minimum atomic E-state index is -0.0493. The van der Waals surface area contributed by atoms with E-state index < -0.39 is 0 Å². The molecule has 11 aromatic carbocycles. The van der Waals surface area contributed by atoms with Crippen LogP contribution in [0.3, 0.4) is 0 Å². The molecule has 0 N–H and O–H groups in total. The second-order valence-electron chi connectivity index (χ2n) is 16.9. The van der Waals surface area contributed by atoms with E-state index in [0.717, 1.165) is 0 Å². The summed E-state index contributed by atoms with van der Waals surface area (Å²) in [6.07, 6.45) is 0. The van der Waals surface area contributed by atoms with Gasteiger partial charge in [0.1, 0.15) is 0 Å². The van der Waals surface area contributed by atoms with Crippen molar-refractivity contribution in [1.82, 2.24) is 0 Å². The van der Waals surface area contributed by atoms with Gasteiger partial charge in [-0.2, -0.15) is 0 Å². The lowest BCUT2D eigenvalue weighted by molar-refractivity contribution is 0.660. The summed E-state index contributed by atoms with van der Waals surface area (Å²) in [5.74, 6) is 0. The van der Waals surface area contributed by atoms with E-state index in [2.05, 4.69) is 220 Å². The van der Waals surface area contributed by atoms with Gasteiger partial charge in [0.2, 0.25) is 0 Å². The molecule has 276 valence electrons. The quantitative estimate of drug-likeness (QED) is 0.157. The zero-order valence-electron chi connectivity index (χ0n) is 33.1. The van der Waals surface area contributed by atoms with Crippen LogP contribution in [0.2, 0.25) is 0 Å². The maximum Gasteiger partial charge on any atom is 0.0158 e. The van der Waals surface area contributed by atoms with Gasteiger partial charge in [0.25, 0.3) is 0 Å². The molecule has 1 aliphatic rings. The molecule has 0 nitrogen and oxygen atoms in total. The first-order valence-corrected chi connectivity index (χ1v) is 20.7. The van der Waals surface area contributed by atoms with E-state index in [-0.39, 0.29) is 5.41 Å². The molecule has 0 aliphatic heterocycles. The van der Waals surface area contributed by atoms with Crippen molar-refractivity contribution in [3.05, 3.63) is 217 Å². The molecule has 0 spiro atoms. The average molecular weight is 749 g/mol. The monoisotopic (exact) mass is 748 g/mol. The molecule has 0 atom stereocenters. The number of rotatable bonds is 4. The van der Waals surface area contributed by atoms with Gasteiger partial charge in [0.15, 0.2) is 0 Å². The topological polar surface area (TPSA) is 0 Å². The molecule has 0 radical (unpaired) electrons. The molecule has 11 aromatic rings. The Kier molecular flexibility index (Phi) is 7.38. The van der Waals surface area contributed by atoms with Crippen LogP contribution >= 0.6 is 0 Å².